The Kier molecular flexibility index (Phi) is 4.10. The maximum atomic E-state index is 11.5. The second kappa shape index (κ2) is 4.89. The van der Waals surface area contributed by atoms with E-state index >= 15 is 0 Å². The first-order chi connectivity index (χ1) is 6.15. The molecule has 0 aromatic heterocycles. The van der Waals surface area contributed by atoms with E-state index in [2.05, 4.69) is 22.9 Å². The SMILES string of the molecule is CC(CCBr)C1CC(=O)CCC1=O. The van der Waals surface area contributed by atoms with E-state index in [-0.39, 0.29) is 17.5 Å². The molecule has 13 heavy (non-hydrogen) atoms. The van der Waals surface area contributed by atoms with Crippen molar-refractivity contribution in [1.29, 1.82) is 0 Å². The molecule has 0 bridgehead atoms. The minimum Gasteiger partial charge on any atom is -0.300 e. The number of hydrogen-bond donors (Lipinski definition) is 0. The zero-order valence-corrected chi connectivity index (χ0v) is 9.47. The van der Waals surface area contributed by atoms with Crippen molar-refractivity contribution in [3.05, 3.63) is 0 Å². The maximum Gasteiger partial charge on any atom is 0.137 e. The normalized spacial score (nSPS) is 26.2. The highest BCUT2D eigenvalue weighted by Crippen LogP contribution is 2.27. The number of hydrogen-bond acceptors (Lipinski definition) is 2. The fourth-order valence-corrected chi connectivity index (χ4v) is 2.52. The van der Waals surface area contributed by atoms with Gasteiger partial charge in [-0.2, -0.15) is 0 Å². The Bertz CT molecular complexity index is 213. The second-order valence-corrected chi connectivity index (χ2v) is 4.56. The number of carbonyl (C=O) groups is 2. The van der Waals surface area contributed by atoms with Crippen molar-refractivity contribution in [3.63, 3.8) is 0 Å². The molecule has 1 saturated carbocycles. The molecule has 2 nitrogen and oxygen atoms in total. The number of ketones is 2. The Balaban J connectivity index is 2.54. The monoisotopic (exact) mass is 246 g/mol. The van der Waals surface area contributed by atoms with Crippen LogP contribution in [0.25, 0.3) is 0 Å². The molecular formula is C10H15BrO2. The molecule has 2 atom stereocenters. The van der Waals surface area contributed by atoms with Gasteiger partial charge >= 0.3 is 0 Å². The first kappa shape index (κ1) is 10.9. The summed E-state index contributed by atoms with van der Waals surface area (Å²) in [4.78, 5) is 22.7. The molecule has 0 aromatic rings. The van der Waals surface area contributed by atoms with Gasteiger partial charge in [0.25, 0.3) is 0 Å². The summed E-state index contributed by atoms with van der Waals surface area (Å²) in [5.74, 6) is 0.883. The Morgan fingerprint density at radius 1 is 1.46 bits per heavy atom. The summed E-state index contributed by atoms with van der Waals surface area (Å²) in [6.45, 7) is 2.06. The molecule has 1 rings (SSSR count). The van der Waals surface area contributed by atoms with Crippen LogP contribution in [0.4, 0.5) is 0 Å². The zero-order chi connectivity index (χ0) is 9.84. The predicted octanol–water partition coefficient (Wildman–Crippen LogP) is 2.35. The zero-order valence-electron chi connectivity index (χ0n) is 7.88. The largest absolute Gasteiger partial charge is 0.300 e. The second-order valence-electron chi connectivity index (χ2n) is 3.77. The van der Waals surface area contributed by atoms with E-state index < -0.39 is 0 Å². The van der Waals surface area contributed by atoms with Crippen LogP contribution in [-0.2, 0) is 9.59 Å². The third-order valence-corrected chi connectivity index (χ3v) is 3.22. The van der Waals surface area contributed by atoms with Crippen LogP contribution in [-0.4, -0.2) is 16.9 Å². The summed E-state index contributed by atoms with van der Waals surface area (Å²) in [5.41, 5.74) is 0. The third kappa shape index (κ3) is 2.90. The summed E-state index contributed by atoms with van der Waals surface area (Å²) in [6, 6.07) is 0. The van der Waals surface area contributed by atoms with Gasteiger partial charge in [-0.3, -0.25) is 9.59 Å². The summed E-state index contributed by atoms with van der Waals surface area (Å²) in [5, 5.41) is 0.909. The average molecular weight is 247 g/mol. The van der Waals surface area contributed by atoms with Gasteiger partial charge in [-0.25, -0.2) is 0 Å². The maximum absolute atomic E-state index is 11.5. The van der Waals surface area contributed by atoms with E-state index in [1.54, 1.807) is 0 Å². The van der Waals surface area contributed by atoms with Crippen LogP contribution in [0.2, 0.25) is 0 Å². The quantitative estimate of drug-likeness (QED) is 0.717. The Morgan fingerprint density at radius 3 is 2.77 bits per heavy atom. The van der Waals surface area contributed by atoms with Crippen molar-refractivity contribution in [3.8, 4) is 0 Å². The van der Waals surface area contributed by atoms with Crippen molar-refractivity contribution in [2.24, 2.45) is 11.8 Å². The first-order valence-corrected chi connectivity index (χ1v) is 5.87. The van der Waals surface area contributed by atoms with E-state index in [4.69, 9.17) is 0 Å². The lowest BCUT2D eigenvalue weighted by Crippen LogP contribution is -2.30. The summed E-state index contributed by atoms with van der Waals surface area (Å²) >= 11 is 3.36. The van der Waals surface area contributed by atoms with Crippen LogP contribution in [0.15, 0.2) is 0 Å². The van der Waals surface area contributed by atoms with Crippen LogP contribution >= 0.6 is 15.9 Å². The average Bonchev–Trinajstić information content (AvgIpc) is 2.09. The molecule has 0 aliphatic heterocycles. The van der Waals surface area contributed by atoms with E-state index in [1.807, 2.05) is 0 Å². The minimum absolute atomic E-state index is 0.00111. The number of Topliss-reactive ketones (excluding diaryl/α,β-unsaturated/α-hetero) is 2. The lowest BCUT2D eigenvalue weighted by molar-refractivity contribution is -0.134. The van der Waals surface area contributed by atoms with Gasteiger partial charge in [0.05, 0.1) is 0 Å². The summed E-state index contributed by atoms with van der Waals surface area (Å²) < 4.78 is 0. The van der Waals surface area contributed by atoms with Gasteiger partial charge in [-0.05, 0) is 12.3 Å². The Morgan fingerprint density at radius 2 is 2.15 bits per heavy atom. The van der Waals surface area contributed by atoms with Gasteiger partial charge in [0, 0.05) is 30.5 Å². The molecular weight excluding hydrogens is 232 g/mol. The summed E-state index contributed by atoms with van der Waals surface area (Å²) in [7, 11) is 0. The Labute approximate surface area is 87.2 Å². The molecule has 1 aliphatic rings. The Hall–Kier alpha value is -0.180. The van der Waals surface area contributed by atoms with Gasteiger partial charge in [-0.15, -0.1) is 0 Å². The van der Waals surface area contributed by atoms with Crippen molar-refractivity contribution in [1.82, 2.24) is 0 Å². The lowest BCUT2D eigenvalue weighted by atomic mass is 9.78. The number of alkyl halides is 1. The molecule has 0 N–H and O–H groups in total. The van der Waals surface area contributed by atoms with E-state index in [9.17, 15) is 9.59 Å². The fourth-order valence-electron chi connectivity index (χ4n) is 1.80. The highest BCUT2D eigenvalue weighted by molar-refractivity contribution is 9.09. The molecule has 0 spiro atoms. The molecule has 0 heterocycles. The lowest BCUT2D eigenvalue weighted by Gasteiger charge is -2.25. The van der Waals surface area contributed by atoms with Gasteiger partial charge in [-0.1, -0.05) is 22.9 Å². The highest BCUT2D eigenvalue weighted by Gasteiger charge is 2.30. The predicted molar refractivity (Wildman–Crippen MR) is 54.9 cm³/mol. The van der Waals surface area contributed by atoms with Gasteiger partial charge in [0.1, 0.15) is 11.6 Å². The molecule has 1 fully saturated rings. The molecule has 2 unspecified atom stereocenters. The van der Waals surface area contributed by atoms with E-state index in [0.29, 0.717) is 25.2 Å². The van der Waals surface area contributed by atoms with Gasteiger partial charge < -0.3 is 0 Å². The van der Waals surface area contributed by atoms with Crippen LogP contribution in [0.5, 0.6) is 0 Å². The topological polar surface area (TPSA) is 34.1 Å². The van der Waals surface area contributed by atoms with Crippen molar-refractivity contribution in [2.75, 3.05) is 5.33 Å². The smallest absolute Gasteiger partial charge is 0.137 e. The molecule has 0 aromatic carbocycles. The van der Waals surface area contributed by atoms with E-state index in [1.165, 1.54) is 0 Å². The molecule has 1 aliphatic carbocycles. The number of carbonyl (C=O) groups excluding carboxylic acids is 2. The molecule has 0 radical (unpaired) electrons. The minimum atomic E-state index is -0.00111. The molecule has 3 heteroatoms. The summed E-state index contributed by atoms with van der Waals surface area (Å²) in [6.07, 6.45) is 2.39. The van der Waals surface area contributed by atoms with Gasteiger partial charge in [0.15, 0.2) is 0 Å². The van der Waals surface area contributed by atoms with Crippen molar-refractivity contribution < 1.29 is 9.59 Å². The van der Waals surface area contributed by atoms with Crippen molar-refractivity contribution in [2.45, 2.75) is 32.6 Å². The van der Waals surface area contributed by atoms with Crippen molar-refractivity contribution >= 4 is 27.5 Å². The standard InChI is InChI=1S/C10H15BrO2/c1-7(4-5-11)9-6-8(12)2-3-10(9)13/h7,9H,2-6H2,1H3. The number of halogens is 1. The molecule has 0 saturated heterocycles. The van der Waals surface area contributed by atoms with Crippen LogP contribution < -0.4 is 0 Å². The molecule has 74 valence electrons. The van der Waals surface area contributed by atoms with E-state index in [0.717, 1.165) is 11.8 Å². The van der Waals surface area contributed by atoms with Crippen LogP contribution in [0, 0.1) is 11.8 Å². The van der Waals surface area contributed by atoms with Gasteiger partial charge in [0.2, 0.25) is 0 Å². The molecule has 0 amide bonds. The fraction of sp³-hybridized carbons (Fsp3) is 0.800. The first-order valence-electron chi connectivity index (χ1n) is 4.75. The third-order valence-electron chi connectivity index (χ3n) is 2.76. The van der Waals surface area contributed by atoms with Crippen LogP contribution in [0.1, 0.15) is 32.6 Å². The van der Waals surface area contributed by atoms with Crippen LogP contribution in [0.3, 0.4) is 0 Å². The highest BCUT2D eigenvalue weighted by atomic mass is 79.9. The number of rotatable bonds is 3.